The first-order valence-corrected chi connectivity index (χ1v) is 14.5. The summed E-state index contributed by atoms with van der Waals surface area (Å²) in [7, 11) is -7.42. The Hall–Kier alpha value is -2.96. The van der Waals surface area contributed by atoms with Gasteiger partial charge < -0.3 is 5.32 Å². The van der Waals surface area contributed by atoms with Crippen molar-refractivity contribution in [3.8, 4) is 0 Å². The quantitative estimate of drug-likeness (QED) is 0.363. The lowest BCUT2D eigenvalue weighted by atomic mass is 10.2. The van der Waals surface area contributed by atoms with Crippen molar-refractivity contribution in [3.05, 3.63) is 83.1 Å². The van der Waals surface area contributed by atoms with Crippen molar-refractivity contribution in [2.45, 2.75) is 17.7 Å². The number of carbonyl (C=O) groups is 1. The number of nitrogens with zero attached hydrogens (tertiary/aromatic N) is 1. The summed E-state index contributed by atoms with van der Waals surface area (Å²) >= 11 is 3.29. The van der Waals surface area contributed by atoms with E-state index in [-0.39, 0.29) is 30.2 Å². The molecule has 0 heterocycles. The fraction of sp³-hybridized carbons (Fsp3) is 0.174. The van der Waals surface area contributed by atoms with Gasteiger partial charge in [0.2, 0.25) is 15.9 Å². The molecular formula is C23H23BrFN3O5S2. The van der Waals surface area contributed by atoms with Gasteiger partial charge in [0.1, 0.15) is 5.82 Å². The summed E-state index contributed by atoms with van der Waals surface area (Å²) in [6, 6.07) is 17.4. The number of rotatable bonds is 10. The van der Waals surface area contributed by atoms with Crippen molar-refractivity contribution in [1.82, 2.24) is 0 Å². The van der Waals surface area contributed by atoms with E-state index in [1.54, 1.807) is 24.3 Å². The van der Waals surface area contributed by atoms with Gasteiger partial charge in [-0.3, -0.25) is 13.8 Å². The van der Waals surface area contributed by atoms with Gasteiger partial charge in [-0.1, -0.05) is 15.9 Å². The fourth-order valence-electron chi connectivity index (χ4n) is 3.15. The third kappa shape index (κ3) is 7.77. The van der Waals surface area contributed by atoms with E-state index in [0.717, 1.165) is 15.0 Å². The first kappa shape index (κ1) is 26.6. The molecule has 186 valence electrons. The second-order valence-electron chi connectivity index (χ2n) is 7.60. The summed E-state index contributed by atoms with van der Waals surface area (Å²) < 4.78 is 66.9. The normalized spacial score (nSPS) is 11.6. The zero-order valence-corrected chi connectivity index (χ0v) is 21.8. The standard InChI is InChI=1S/C23H23BrFN3O5S2/c1-34(30,31)28(21-12-6-18(25)7-13-21)16-2-3-23(29)26-19-10-14-22(15-11-19)35(32,33)27-20-8-4-17(24)5-9-20/h4-15,27H,2-3,16H2,1H3,(H,26,29). The summed E-state index contributed by atoms with van der Waals surface area (Å²) in [4.78, 5) is 12.3. The lowest BCUT2D eigenvalue weighted by Gasteiger charge is -2.22. The van der Waals surface area contributed by atoms with Gasteiger partial charge in [-0.15, -0.1) is 0 Å². The highest BCUT2D eigenvalue weighted by molar-refractivity contribution is 9.10. The molecule has 35 heavy (non-hydrogen) atoms. The van der Waals surface area contributed by atoms with Crippen LogP contribution in [0.3, 0.4) is 0 Å². The molecule has 3 rings (SSSR count). The second kappa shape index (κ2) is 11.2. The van der Waals surface area contributed by atoms with Crippen LogP contribution in [0.5, 0.6) is 0 Å². The number of hydrogen-bond donors (Lipinski definition) is 2. The smallest absolute Gasteiger partial charge is 0.261 e. The van der Waals surface area contributed by atoms with Gasteiger partial charge in [0.25, 0.3) is 10.0 Å². The molecule has 0 saturated heterocycles. The summed E-state index contributed by atoms with van der Waals surface area (Å²) in [5.41, 5.74) is 1.12. The van der Waals surface area contributed by atoms with Gasteiger partial charge in [-0.05, 0) is 79.2 Å². The summed E-state index contributed by atoms with van der Waals surface area (Å²) in [6.07, 6.45) is 1.29. The number of anilines is 3. The Morgan fingerprint density at radius 2 is 1.46 bits per heavy atom. The maximum Gasteiger partial charge on any atom is 0.261 e. The molecule has 0 aromatic heterocycles. The first-order valence-electron chi connectivity index (χ1n) is 10.4. The number of amides is 1. The van der Waals surface area contributed by atoms with E-state index in [2.05, 4.69) is 26.0 Å². The van der Waals surface area contributed by atoms with Crippen LogP contribution in [0.4, 0.5) is 21.5 Å². The van der Waals surface area contributed by atoms with Crippen LogP contribution in [0, 0.1) is 5.82 Å². The largest absolute Gasteiger partial charge is 0.326 e. The van der Waals surface area contributed by atoms with Crippen molar-refractivity contribution in [1.29, 1.82) is 0 Å². The predicted octanol–water partition coefficient (Wildman–Crippen LogP) is 4.57. The minimum atomic E-state index is -3.80. The van der Waals surface area contributed by atoms with Crippen LogP contribution in [0.2, 0.25) is 0 Å². The van der Waals surface area contributed by atoms with E-state index in [1.807, 2.05) is 0 Å². The zero-order chi connectivity index (χ0) is 25.6. The maximum atomic E-state index is 13.2. The third-order valence-corrected chi connectivity index (χ3v) is 7.94. The fourth-order valence-corrected chi connectivity index (χ4v) is 5.44. The van der Waals surface area contributed by atoms with Crippen LogP contribution < -0.4 is 14.3 Å². The number of nitrogens with one attached hydrogen (secondary N) is 2. The van der Waals surface area contributed by atoms with Gasteiger partial charge in [0.15, 0.2) is 0 Å². The zero-order valence-electron chi connectivity index (χ0n) is 18.6. The highest BCUT2D eigenvalue weighted by atomic mass is 79.9. The summed E-state index contributed by atoms with van der Waals surface area (Å²) in [5, 5.41) is 2.66. The Balaban J connectivity index is 1.56. The molecule has 3 aromatic rings. The average Bonchev–Trinajstić information content (AvgIpc) is 2.78. The molecule has 0 aliphatic heterocycles. The lowest BCUT2D eigenvalue weighted by molar-refractivity contribution is -0.116. The van der Waals surface area contributed by atoms with Crippen molar-refractivity contribution < 1.29 is 26.0 Å². The third-order valence-electron chi connectivity index (χ3n) is 4.82. The predicted molar refractivity (Wildman–Crippen MR) is 138 cm³/mol. The number of benzene rings is 3. The second-order valence-corrected chi connectivity index (χ2v) is 12.1. The monoisotopic (exact) mass is 583 g/mol. The maximum absolute atomic E-state index is 13.2. The van der Waals surface area contributed by atoms with Gasteiger partial charge in [0, 0.05) is 28.8 Å². The molecule has 0 saturated carbocycles. The van der Waals surface area contributed by atoms with Gasteiger partial charge >= 0.3 is 0 Å². The molecule has 1 amide bonds. The van der Waals surface area contributed by atoms with Gasteiger partial charge in [-0.2, -0.15) is 0 Å². The molecule has 8 nitrogen and oxygen atoms in total. The SMILES string of the molecule is CS(=O)(=O)N(CCCC(=O)Nc1ccc(S(=O)(=O)Nc2ccc(Br)cc2)cc1)c1ccc(F)cc1. The van der Waals surface area contributed by atoms with E-state index in [4.69, 9.17) is 0 Å². The number of carbonyl (C=O) groups excluding carboxylic acids is 1. The van der Waals surface area contributed by atoms with Crippen molar-refractivity contribution in [2.75, 3.05) is 27.1 Å². The Morgan fingerprint density at radius 1 is 0.886 bits per heavy atom. The van der Waals surface area contributed by atoms with Crippen molar-refractivity contribution >= 4 is 58.9 Å². The molecule has 0 unspecified atom stereocenters. The molecule has 0 bridgehead atoms. The molecule has 12 heteroatoms. The molecule has 0 fully saturated rings. The molecule has 3 aromatic carbocycles. The molecule has 2 N–H and O–H groups in total. The van der Waals surface area contributed by atoms with Crippen LogP contribution >= 0.6 is 15.9 Å². The molecule has 0 aliphatic rings. The summed E-state index contributed by atoms with van der Waals surface area (Å²) in [5.74, 6) is -0.842. The number of sulfonamides is 2. The van der Waals surface area contributed by atoms with Gasteiger partial charge in [-0.25, -0.2) is 21.2 Å². The summed E-state index contributed by atoms with van der Waals surface area (Å²) in [6.45, 7) is 0.0385. The minimum absolute atomic E-state index is 0.0262. The Labute approximate surface area is 212 Å². The van der Waals surface area contributed by atoms with E-state index in [1.165, 1.54) is 48.5 Å². The van der Waals surface area contributed by atoms with E-state index in [9.17, 15) is 26.0 Å². The number of halogens is 2. The van der Waals surface area contributed by atoms with Crippen LogP contribution in [0.1, 0.15) is 12.8 Å². The minimum Gasteiger partial charge on any atom is -0.326 e. The molecule has 0 atom stereocenters. The van der Waals surface area contributed by atoms with Crippen LogP contribution in [-0.2, 0) is 24.8 Å². The van der Waals surface area contributed by atoms with E-state index < -0.39 is 25.9 Å². The molecular weight excluding hydrogens is 561 g/mol. The molecule has 0 aliphatic carbocycles. The van der Waals surface area contributed by atoms with Crippen molar-refractivity contribution in [2.24, 2.45) is 0 Å². The van der Waals surface area contributed by atoms with Crippen LogP contribution in [0.15, 0.2) is 82.2 Å². The Kier molecular flexibility index (Phi) is 8.51. The van der Waals surface area contributed by atoms with Crippen molar-refractivity contribution in [3.63, 3.8) is 0 Å². The Morgan fingerprint density at radius 3 is 2.03 bits per heavy atom. The van der Waals surface area contributed by atoms with E-state index in [0.29, 0.717) is 17.1 Å². The highest BCUT2D eigenvalue weighted by Gasteiger charge is 2.18. The lowest BCUT2D eigenvalue weighted by Crippen LogP contribution is -2.31. The molecule has 0 radical (unpaired) electrons. The topological polar surface area (TPSA) is 113 Å². The highest BCUT2D eigenvalue weighted by Crippen LogP contribution is 2.21. The van der Waals surface area contributed by atoms with E-state index >= 15 is 0 Å². The molecule has 0 spiro atoms. The average molecular weight is 584 g/mol. The Bertz CT molecular complexity index is 1380. The number of hydrogen-bond acceptors (Lipinski definition) is 5. The first-order chi connectivity index (χ1) is 16.4. The van der Waals surface area contributed by atoms with Crippen LogP contribution in [-0.4, -0.2) is 35.5 Å². The van der Waals surface area contributed by atoms with Crippen LogP contribution in [0.25, 0.3) is 0 Å². The van der Waals surface area contributed by atoms with Gasteiger partial charge in [0.05, 0.1) is 16.8 Å².